The minimum Gasteiger partial charge on any atom is -0.351 e. The van der Waals surface area contributed by atoms with Gasteiger partial charge in [0.2, 0.25) is 5.91 Å². The molecule has 1 saturated heterocycles. The molecule has 0 radical (unpaired) electrons. The molecule has 1 heterocycles. The van der Waals surface area contributed by atoms with Gasteiger partial charge in [0.25, 0.3) is 0 Å². The molecule has 104 valence electrons. The van der Waals surface area contributed by atoms with Gasteiger partial charge in [0.1, 0.15) is 6.04 Å². The molecule has 1 aliphatic heterocycles. The van der Waals surface area contributed by atoms with Crippen LogP contribution in [0.2, 0.25) is 0 Å². The number of carbonyl (C=O) groups is 1. The highest BCUT2D eigenvalue weighted by Crippen LogP contribution is 2.32. The summed E-state index contributed by atoms with van der Waals surface area (Å²) in [4.78, 5) is 12.3. The third kappa shape index (κ3) is 3.12. The van der Waals surface area contributed by atoms with Gasteiger partial charge in [0.15, 0.2) is 0 Å². The average molecular weight is 278 g/mol. The quantitative estimate of drug-likeness (QED) is 0.892. The highest BCUT2D eigenvalue weighted by atomic mass is 32.2. The lowest BCUT2D eigenvalue weighted by Crippen LogP contribution is -2.49. The van der Waals surface area contributed by atoms with Gasteiger partial charge in [-0.15, -0.1) is 11.8 Å². The zero-order valence-electron chi connectivity index (χ0n) is 12.0. The maximum atomic E-state index is 12.3. The smallest absolute Gasteiger partial charge is 0.238 e. The molecule has 0 aliphatic carbocycles. The molecular weight excluding hydrogens is 256 g/mol. The fourth-order valence-corrected chi connectivity index (χ4v) is 3.43. The van der Waals surface area contributed by atoms with Crippen molar-refractivity contribution in [3.05, 3.63) is 34.9 Å². The first-order valence-electron chi connectivity index (χ1n) is 6.62. The van der Waals surface area contributed by atoms with E-state index in [4.69, 9.17) is 0 Å². The molecule has 0 bridgehead atoms. The standard InChI is InChI=1S/C15H22N2OS/c1-10-6-5-7-11(2)12(10)8-16-14(18)13-15(3,4)19-9-17-13/h5-7,13,17H,8-9H2,1-4H3,(H,16,18)/t13-/m1/s1. The van der Waals surface area contributed by atoms with Gasteiger partial charge in [-0.2, -0.15) is 0 Å². The van der Waals surface area contributed by atoms with Crippen molar-refractivity contribution in [1.29, 1.82) is 0 Å². The molecular formula is C15H22N2OS. The van der Waals surface area contributed by atoms with Gasteiger partial charge < -0.3 is 5.32 Å². The molecule has 0 aromatic heterocycles. The SMILES string of the molecule is Cc1cccc(C)c1CNC(=O)[C@H]1NCSC1(C)C. The molecule has 0 spiro atoms. The Bertz CT molecular complexity index is 465. The van der Waals surface area contributed by atoms with Crippen LogP contribution < -0.4 is 10.6 Å². The summed E-state index contributed by atoms with van der Waals surface area (Å²) in [6.45, 7) is 9.00. The number of hydrogen-bond donors (Lipinski definition) is 2. The third-order valence-electron chi connectivity index (χ3n) is 3.77. The Morgan fingerprint density at radius 3 is 2.58 bits per heavy atom. The maximum absolute atomic E-state index is 12.3. The van der Waals surface area contributed by atoms with Gasteiger partial charge in [0.05, 0.1) is 0 Å². The van der Waals surface area contributed by atoms with Crippen LogP contribution in [0.1, 0.15) is 30.5 Å². The number of carbonyl (C=O) groups excluding carboxylic acids is 1. The molecule has 1 aromatic carbocycles. The van der Waals surface area contributed by atoms with Crippen LogP contribution in [-0.4, -0.2) is 22.6 Å². The van der Waals surface area contributed by atoms with Gasteiger partial charge in [-0.3, -0.25) is 10.1 Å². The first kappa shape index (κ1) is 14.4. The summed E-state index contributed by atoms with van der Waals surface area (Å²) in [7, 11) is 0. The van der Waals surface area contributed by atoms with Crippen LogP contribution in [0.25, 0.3) is 0 Å². The Hall–Kier alpha value is -1.000. The van der Waals surface area contributed by atoms with Crippen LogP contribution in [0, 0.1) is 13.8 Å². The molecule has 1 fully saturated rings. The number of hydrogen-bond acceptors (Lipinski definition) is 3. The summed E-state index contributed by atoms with van der Waals surface area (Å²) in [5.74, 6) is 0.937. The molecule has 2 rings (SSSR count). The van der Waals surface area contributed by atoms with Crippen molar-refractivity contribution in [1.82, 2.24) is 10.6 Å². The number of aryl methyl sites for hydroxylation is 2. The molecule has 2 N–H and O–H groups in total. The first-order chi connectivity index (χ1) is 8.92. The highest BCUT2D eigenvalue weighted by Gasteiger charge is 2.39. The van der Waals surface area contributed by atoms with E-state index >= 15 is 0 Å². The average Bonchev–Trinajstić information content (AvgIpc) is 2.68. The minimum atomic E-state index is -0.109. The predicted molar refractivity (Wildman–Crippen MR) is 81.2 cm³/mol. The summed E-state index contributed by atoms with van der Waals surface area (Å²) in [6, 6.07) is 6.11. The second-order valence-electron chi connectivity index (χ2n) is 5.62. The second-order valence-corrected chi connectivity index (χ2v) is 7.25. The van der Waals surface area contributed by atoms with E-state index in [-0.39, 0.29) is 16.7 Å². The highest BCUT2D eigenvalue weighted by molar-refractivity contribution is 8.00. The Labute approximate surface area is 119 Å². The number of thioether (sulfide) groups is 1. The van der Waals surface area contributed by atoms with Gasteiger partial charge in [-0.05, 0) is 44.4 Å². The van der Waals surface area contributed by atoms with Gasteiger partial charge >= 0.3 is 0 Å². The van der Waals surface area contributed by atoms with E-state index in [1.807, 2.05) is 6.07 Å². The molecule has 1 atom stereocenters. The summed E-state index contributed by atoms with van der Waals surface area (Å²) < 4.78 is -0.0368. The van der Waals surface area contributed by atoms with Gasteiger partial charge in [-0.25, -0.2) is 0 Å². The fraction of sp³-hybridized carbons (Fsp3) is 0.533. The topological polar surface area (TPSA) is 41.1 Å². The molecule has 4 heteroatoms. The second kappa shape index (κ2) is 5.55. The summed E-state index contributed by atoms with van der Waals surface area (Å²) in [6.07, 6.45) is 0. The van der Waals surface area contributed by atoms with Crippen LogP contribution in [0.4, 0.5) is 0 Å². The van der Waals surface area contributed by atoms with E-state index in [1.54, 1.807) is 11.8 Å². The monoisotopic (exact) mass is 278 g/mol. The van der Waals surface area contributed by atoms with Crippen molar-refractivity contribution in [3.63, 3.8) is 0 Å². The van der Waals surface area contributed by atoms with E-state index < -0.39 is 0 Å². The van der Waals surface area contributed by atoms with Gasteiger partial charge in [0, 0.05) is 17.2 Å². The number of benzene rings is 1. The molecule has 0 saturated carbocycles. The Morgan fingerprint density at radius 2 is 2.05 bits per heavy atom. The Morgan fingerprint density at radius 1 is 1.42 bits per heavy atom. The molecule has 1 aliphatic rings. The van der Waals surface area contributed by atoms with Crippen LogP contribution in [0.5, 0.6) is 0 Å². The number of nitrogens with one attached hydrogen (secondary N) is 2. The van der Waals surface area contributed by atoms with Crippen LogP contribution in [-0.2, 0) is 11.3 Å². The van der Waals surface area contributed by atoms with E-state index in [0.29, 0.717) is 6.54 Å². The maximum Gasteiger partial charge on any atom is 0.238 e. The first-order valence-corrected chi connectivity index (χ1v) is 7.60. The van der Waals surface area contributed by atoms with Crippen LogP contribution in [0.15, 0.2) is 18.2 Å². The van der Waals surface area contributed by atoms with E-state index in [0.717, 1.165) is 5.88 Å². The van der Waals surface area contributed by atoms with Crippen molar-refractivity contribution in [3.8, 4) is 0 Å². The Balaban J connectivity index is 2.01. The minimum absolute atomic E-state index is 0.0368. The fourth-order valence-electron chi connectivity index (χ4n) is 2.45. The lowest BCUT2D eigenvalue weighted by molar-refractivity contribution is -0.123. The zero-order chi connectivity index (χ0) is 14.0. The third-order valence-corrected chi connectivity index (χ3v) is 5.06. The van der Waals surface area contributed by atoms with Crippen molar-refractivity contribution in [2.75, 3.05) is 5.88 Å². The molecule has 1 aromatic rings. The Kier molecular flexibility index (Phi) is 4.21. The van der Waals surface area contributed by atoms with E-state index in [9.17, 15) is 4.79 Å². The van der Waals surface area contributed by atoms with Crippen molar-refractivity contribution in [2.45, 2.75) is 45.0 Å². The normalized spacial score (nSPS) is 21.4. The van der Waals surface area contributed by atoms with Crippen LogP contribution >= 0.6 is 11.8 Å². The molecule has 0 unspecified atom stereocenters. The van der Waals surface area contributed by atoms with Crippen molar-refractivity contribution in [2.24, 2.45) is 0 Å². The number of rotatable bonds is 3. The van der Waals surface area contributed by atoms with Crippen molar-refractivity contribution >= 4 is 17.7 Å². The molecule has 1 amide bonds. The molecule has 19 heavy (non-hydrogen) atoms. The lowest BCUT2D eigenvalue weighted by Gasteiger charge is -2.24. The number of amides is 1. The van der Waals surface area contributed by atoms with E-state index in [2.05, 4.69) is 50.5 Å². The summed E-state index contributed by atoms with van der Waals surface area (Å²) >= 11 is 1.79. The van der Waals surface area contributed by atoms with Crippen molar-refractivity contribution < 1.29 is 4.79 Å². The van der Waals surface area contributed by atoms with E-state index in [1.165, 1.54) is 16.7 Å². The summed E-state index contributed by atoms with van der Waals surface area (Å²) in [5.41, 5.74) is 3.68. The summed E-state index contributed by atoms with van der Waals surface area (Å²) in [5, 5.41) is 6.33. The zero-order valence-corrected chi connectivity index (χ0v) is 12.9. The van der Waals surface area contributed by atoms with Crippen LogP contribution in [0.3, 0.4) is 0 Å². The lowest BCUT2D eigenvalue weighted by atomic mass is 10.0. The largest absolute Gasteiger partial charge is 0.351 e. The molecule has 3 nitrogen and oxygen atoms in total. The van der Waals surface area contributed by atoms with Gasteiger partial charge in [-0.1, -0.05) is 18.2 Å². The predicted octanol–water partition coefficient (Wildman–Crippen LogP) is 2.36.